The zero-order valence-corrected chi connectivity index (χ0v) is 17.3. The Kier molecular flexibility index (Phi) is 6.59. The van der Waals surface area contributed by atoms with E-state index in [4.69, 9.17) is 39.5 Å². The van der Waals surface area contributed by atoms with Crippen molar-refractivity contribution in [3.63, 3.8) is 0 Å². The van der Waals surface area contributed by atoms with Crippen LogP contribution >= 0.6 is 34.8 Å². The molecule has 2 aromatic carbocycles. The molecule has 1 aromatic heterocycles. The minimum Gasteiger partial charge on any atom is -0.495 e. The molecule has 3 rings (SSSR count). The summed E-state index contributed by atoms with van der Waals surface area (Å²) in [4.78, 5) is 28.7. The van der Waals surface area contributed by atoms with Crippen LogP contribution in [0.2, 0.25) is 15.1 Å². The number of methoxy groups -OCH3 is 1. The number of nitrogens with one attached hydrogen (secondary N) is 2. The lowest BCUT2D eigenvalue weighted by molar-refractivity contribution is 0.101. The number of carbonyl (C=O) groups is 2. The molecule has 6 nitrogen and oxygen atoms in total. The molecule has 0 atom stereocenters. The van der Waals surface area contributed by atoms with E-state index in [0.29, 0.717) is 22.7 Å². The van der Waals surface area contributed by atoms with E-state index >= 15 is 0 Å². The Balaban J connectivity index is 1.71. The van der Waals surface area contributed by atoms with E-state index < -0.39 is 5.91 Å². The van der Waals surface area contributed by atoms with Crippen LogP contribution in [-0.4, -0.2) is 23.9 Å². The highest BCUT2D eigenvalue weighted by Gasteiger charge is 2.17. The van der Waals surface area contributed by atoms with Gasteiger partial charge in [0.15, 0.2) is 0 Å². The Morgan fingerprint density at radius 1 is 0.897 bits per heavy atom. The number of benzene rings is 2. The molecule has 0 fully saturated rings. The fourth-order valence-electron chi connectivity index (χ4n) is 2.44. The van der Waals surface area contributed by atoms with Gasteiger partial charge in [0.25, 0.3) is 11.8 Å². The van der Waals surface area contributed by atoms with E-state index in [9.17, 15) is 9.59 Å². The normalized spacial score (nSPS) is 10.3. The second kappa shape index (κ2) is 9.13. The van der Waals surface area contributed by atoms with Gasteiger partial charge in [0.1, 0.15) is 11.4 Å². The van der Waals surface area contributed by atoms with Crippen LogP contribution in [-0.2, 0) is 0 Å². The van der Waals surface area contributed by atoms with Crippen LogP contribution < -0.4 is 15.4 Å². The van der Waals surface area contributed by atoms with Gasteiger partial charge in [-0.15, -0.1) is 0 Å². The largest absolute Gasteiger partial charge is 0.495 e. The molecule has 0 saturated carbocycles. The Bertz CT molecular complexity index is 1070. The maximum absolute atomic E-state index is 12.4. The van der Waals surface area contributed by atoms with Crippen molar-refractivity contribution >= 4 is 58.0 Å². The molecule has 148 valence electrons. The first-order chi connectivity index (χ1) is 13.9. The van der Waals surface area contributed by atoms with Gasteiger partial charge in [-0.25, -0.2) is 4.98 Å². The second-order valence-corrected chi connectivity index (χ2v) is 6.93. The standard InChI is InChI=1S/C20H14Cl3N3O3/c1-29-15-5-3-2-4-14(15)26-19(27)11-6-8-12(9-7-11)25-20(28)18-17(23)16(22)13(21)10-24-18/h2-10H,1H3,(H,25,28)(H,26,27). The summed E-state index contributed by atoms with van der Waals surface area (Å²) in [6, 6.07) is 13.4. The molecule has 2 N–H and O–H groups in total. The SMILES string of the molecule is COc1ccccc1NC(=O)c1ccc(NC(=O)c2ncc(Cl)c(Cl)c2Cl)cc1. The number of hydrogen-bond acceptors (Lipinski definition) is 4. The van der Waals surface area contributed by atoms with Gasteiger partial charge in [-0.3, -0.25) is 9.59 Å². The number of ether oxygens (including phenoxy) is 1. The van der Waals surface area contributed by atoms with E-state index in [2.05, 4.69) is 15.6 Å². The van der Waals surface area contributed by atoms with Gasteiger partial charge in [-0.1, -0.05) is 46.9 Å². The molecule has 1 heterocycles. The monoisotopic (exact) mass is 449 g/mol. The average Bonchev–Trinajstić information content (AvgIpc) is 2.73. The molecule has 0 saturated heterocycles. The zero-order chi connectivity index (χ0) is 21.0. The Labute approximate surface area is 181 Å². The molecule has 3 aromatic rings. The molecule has 0 radical (unpaired) electrons. The molecule has 0 aliphatic rings. The summed E-state index contributed by atoms with van der Waals surface area (Å²) < 4.78 is 5.22. The molecule has 0 spiro atoms. The lowest BCUT2D eigenvalue weighted by atomic mass is 10.2. The molecule has 0 bridgehead atoms. The van der Waals surface area contributed by atoms with Crippen molar-refractivity contribution in [2.45, 2.75) is 0 Å². The summed E-state index contributed by atoms with van der Waals surface area (Å²) in [5.41, 5.74) is 1.35. The molecule has 0 aliphatic carbocycles. The van der Waals surface area contributed by atoms with Crippen molar-refractivity contribution < 1.29 is 14.3 Å². The third-order valence-corrected chi connectivity index (χ3v) is 5.13. The van der Waals surface area contributed by atoms with E-state index in [1.807, 2.05) is 0 Å². The van der Waals surface area contributed by atoms with Crippen molar-refractivity contribution in [3.8, 4) is 5.75 Å². The zero-order valence-electron chi connectivity index (χ0n) is 15.0. The molecular formula is C20H14Cl3N3O3. The van der Waals surface area contributed by atoms with E-state index in [1.165, 1.54) is 13.3 Å². The summed E-state index contributed by atoms with van der Waals surface area (Å²) >= 11 is 17.8. The number of amides is 2. The number of pyridine rings is 1. The van der Waals surface area contributed by atoms with Gasteiger partial charge in [-0.2, -0.15) is 0 Å². The maximum atomic E-state index is 12.4. The highest BCUT2D eigenvalue weighted by atomic mass is 35.5. The smallest absolute Gasteiger partial charge is 0.275 e. The molecule has 0 aliphatic heterocycles. The number of nitrogens with zero attached hydrogens (tertiary/aromatic N) is 1. The number of carbonyl (C=O) groups excluding carboxylic acids is 2. The highest BCUT2D eigenvalue weighted by Crippen LogP contribution is 2.31. The first-order valence-corrected chi connectivity index (χ1v) is 9.39. The third-order valence-electron chi connectivity index (χ3n) is 3.89. The number of anilines is 2. The van der Waals surface area contributed by atoms with Crippen molar-refractivity contribution in [1.29, 1.82) is 0 Å². The van der Waals surface area contributed by atoms with Gasteiger partial charge in [0.2, 0.25) is 0 Å². The minimum atomic E-state index is -0.556. The fraction of sp³-hybridized carbons (Fsp3) is 0.0500. The van der Waals surface area contributed by atoms with Crippen LogP contribution in [0.15, 0.2) is 54.7 Å². The van der Waals surface area contributed by atoms with Crippen LogP contribution in [0.3, 0.4) is 0 Å². The topological polar surface area (TPSA) is 80.3 Å². The number of para-hydroxylation sites is 2. The summed E-state index contributed by atoms with van der Waals surface area (Å²) in [6.07, 6.45) is 1.25. The molecule has 9 heteroatoms. The lowest BCUT2D eigenvalue weighted by Gasteiger charge is -2.11. The van der Waals surface area contributed by atoms with Crippen LogP contribution in [0, 0.1) is 0 Å². The Morgan fingerprint density at radius 3 is 2.28 bits per heavy atom. The summed E-state index contributed by atoms with van der Waals surface area (Å²) in [5.74, 6) is -0.322. The number of hydrogen-bond donors (Lipinski definition) is 2. The minimum absolute atomic E-state index is 0.0375. The maximum Gasteiger partial charge on any atom is 0.275 e. The van der Waals surface area contributed by atoms with Crippen molar-refractivity contribution in [2.24, 2.45) is 0 Å². The van der Waals surface area contributed by atoms with Crippen LogP contribution in [0.5, 0.6) is 5.75 Å². The molecule has 2 amide bonds. The predicted octanol–water partition coefficient (Wildman–Crippen LogP) is 5.56. The Morgan fingerprint density at radius 2 is 1.59 bits per heavy atom. The first kappa shape index (κ1) is 20.9. The Hall–Kier alpha value is -2.80. The van der Waals surface area contributed by atoms with E-state index in [-0.39, 0.29) is 26.7 Å². The quantitative estimate of drug-likeness (QED) is 0.534. The van der Waals surface area contributed by atoms with Crippen LogP contribution in [0.25, 0.3) is 0 Å². The van der Waals surface area contributed by atoms with Crippen molar-refractivity contribution in [2.75, 3.05) is 17.7 Å². The van der Waals surface area contributed by atoms with Crippen LogP contribution in [0.1, 0.15) is 20.8 Å². The average molecular weight is 451 g/mol. The first-order valence-electron chi connectivity index (χ1n) is 8.26. The molecule has 0 unspecified atom stereocenters. The molecular weight excluding hydrogens is 437 g/mol. The van der Waals surface area contributed by atoms with Crippen molar-refractivity contribution in [3.05, 3.63) is 81.1 Å². The number of halogens is 3. The van der Waals surface area contributed by atoms with Gasteiger partial charge >= 0.3 is 0 Å². The summed E-state index contributed by atoms with van der Waals surface area (Å²) in [5, 5.41) is 5.58. The predicted molar refractivity (Wildman–Crippen MR) is 115 cm³/mol. The van der Waals surface area contributed by atoms with Gasteiger partial charge in [0.05, 0.1) is 27.9 Å². The fourth-order valence-corrected chi connectivity index (χ4v) is 3.01. The summed E-state index contributed by atoms with van der Waals surface area (Å²) in [6.45, 7) is 0. The molecule has 29 heavy (non-hydrogen) atoms. The second-order valence-electron chi connectivity index (χ2n) is 5.77. The third kappa shape index (κ3) is 4.79. The van der Waals surface area contributed by atoms with E-state index in [0.717, 1.165) is 0 Å². The van der Waals surface area contributed by atoms with E-state index in [1.54, 1.807) is 48.5 Å². The van der Waals surface area contributed by atoms with Gasteiger partial charge in [-0.05, 0) is 36.4 Å². The van der Waals surface area contributed by atoms with Gasteiger partial charge in [0, 0.05) is 17.4 Å². The highest BCUT2D eigenvalue weighted by molar-refractivity contribution is 6.49. The van der Waals surface area contributed by atoms with Gasteiger partial charge < -0.3 is 15.4 Å². The van der Waals surface area contributed by atoms with Crippen LogP contribution in [0.4, 0.5) is 11.4 Å². The summed E-state index contributed by atoms with van der Waals surface area (Å²) in [7, 11) is 1.53. The number of rotatable bonds is 5. The number of aromatic nitrogens is 1. The lowest BCUT2D eigenvalue weighted by Crippen LogP contribution is -2.15. The van der Waals surface area contributed by atoms with Crippen molar-refractivity contribution in [1.82, 2.24) is 4.98 Å².